The summed E-state index contributed by atoms with van der Waals surface area (Å²) in [5, 5.41) is 0. The molecule has 1 saturated heterocycles. The first-order chi connectivity index (χ1) is 13.5. The van der Waals surface area contributed by atoms with Crippen molar-refractivity contribution in [3.8, 4) is 11.5 Å². The molecule has 0 spiro atoms. The summed E-state index contributed by atoms with van der Waals surface area (Å²) in [6.45, 7) is 3.71. The van der Waals surface area contributed by atoms with Crippen molar-refractivity contribution in [2.45, 2.75) is 11.8 Å². The number of hydrogen-bond donors (Lipinski definition) is 0. The number of hydrogen-bond acceptors (Lipinski definition) is 6. The third-order valence-electron chi connectivity index (χ3n) is 4.31. The van der Waals surface area contributed by atoms with E-state index in [9.17, 15) is 13.2 Å². The van der Waals surface area contributed by atoms with Crippen LogP contribution in [0.25, 0.3) is 0 Å². The standard InChI is InChI=1S/C20H23NO6S/c1-16(22)17-2-4-18(5-3-17)26-14-15-27-19-6-8-20(9-7-19)28(23,24)21-10-12-25-13-11-21/h2-9H,10-15H2,1H3. The molecule has 0 bridgehead atoms. The van der Waals surface area contributed by atoms with Crippen molar-refractivity contribution in [2.24, 2.45) is 0 Å². The van der Waals surface area contributed by atoms with Crippen LogP contribution >= 0.6 is 0 Å². The Kier molecular flexibility index (Phi) is 6.66. The Labute approximate surface area is 164 Å². The lowest BCUT2D eigenvalue weighted by molar-refractivity contribution is 0.0730. The summed E-state index contributed by atoms with van der Waals surface area (Å²) in [6, 6.07) is 13.3. The molecule has 1 aliphatic heterocycles. The molecule has 150 valence electrons. The zero-order chi connectivity index (χ0) is 20.0. The Morgan fingerprint density at radius 1 is 0.929 bits per heavy atom. The van der Waals surface area contributed by atoms with E-state index in [0.29, 0.717) is 56.6 Å². The maximum atomic E-state index is 12.6. The zero-order valence-corrected chi connectivity index (χ0v) is 16.5. The molecule has 0 amide bonds. The predicted octanol–water partition coefficient (Wildman–Crippen LogP) is 2.37. The SMILES string of the molecule is CC(=O)c1ccc(OCCOc2ccc(S(=O)(=O)N3CCOCC3)cc2)cc1. The molecule has 8 heteroatoms. The van der Waals surface area contributed by atoms with Gasteiger partial charge in [0.1, 0.15) is 24.7 Å². The first-order valence-electron chi connectivity index (χ1n) is 9.01. The summed E-state index contributed by atoms with van der Waals surface area (Å²) in [7, 11) is -3.50. The first-order valence-corrected chi connectivity index (χ1v) is 10.5. The topological polar surface area (TPSA) is 82.1 Å². The number of ether oxygens (including phenoxy) is 3. The highest BCUT2D eigenvalue weighted by Crippen LogP contribution is 2.20. The van der Waals surface area contributed by atoms with Crippen LogP contribution in [0, 0.1) is 0 Å². The van der Waals surface area contributed by atoms with Gasteiger partial charge >= 0.3 is 0 Å². The molecule has 0 unspecified atom stereocenters. The number of carbonyl (C=O) groups is 1. The minimum atomic E-state index is -3.50. The molecule has 0 radical (unpaired) electrons. The second-order valence-corrected chi connectivity index (χ2v) is 8.20. The molecule has 2 aromatic carbocycles. The third-order valence-corrected chi connectivity index (χ3v) is 6.23. The number of sulfonamides is 1. The number of carbonyl (C=O) groups excluding carboxylic acids is 1. The van der Waals surface area contributed by atoms with Gasteiger partial charge in [-0.05, 0) is 55.5 Å². The van der Waals surface area contributed by atoms with Crippen LogP contribution in [0.15, 0.2) is 53.4 Å². The van der Waals surface area contributed by atoms with Crippen molar-refractivity contribution in [2.75, 3.05) is 39.5 Å². The Morgan fingerprint density at radius 2 is 1.43 bits per heavy atom. The van der Waals surface area contributed by atoms with Crippen molar-refractivity contribution in [3.63, 3.8) is 0 Å². The quantitative estimate of drug-likeness (QED) is 0.495. The molecular formula is C20H23NO6S. The average Bonchev–Trinajstić information content (AvgIpc) is 2.72. The summed E-state index contributed by atoms with van der Waals surface area (Å²) in [6.07, 6.45) is 0. The maximum absolute atomic E-state index is 12.6. The van der Waals surface area contributed by atoms with Crippen LogP contribution in [-0.4, -0.2) is 58.0 Å². The number of benzene rings is 2. The molecule has 3 rings (SSSR count). The summed E-state index contributed by atoms with van der Waals surface area (Å²) in [5.41, 5.74) is 0.635. The van der Waals surface area contributed by atoms with Crippen molar-refractivity contribution < 1.29 is 27.4 Å². The Bertz CT molecular complexity index is 887. The molecule has 0 aliphatic carbocycles. The smallest absolute Gasteiger partial charge is 0.243 e. The minimum absolute atomic E-state index is 0.00830. The van der Waals surface area contributed by atoms with Crippen LogP contribution in [0.5, 0.6) is 11.5 Å². The van der Waals surface area contributed by atoms with Gasteiger partial charge in [0.15, 0.2) is 5.78 Å². The molecule has 2 aromatic rings. The molecule has 1 aliphatic rings. The molecular weight excluding hydrogens is 382 g/mol. The number of nitrogens with zero attached hydrogens (tertiary/aromatic N) is 1. The average molecular weight is 405 g/mol. The second kappa shape index (κ2) is 9.18. The van der Waals surface area contributed by atoms with E-state index in [-0.39, 0.29) is 10.7 Å². The fourth-order valence-corrected chi connectivity index (χ4v) is 4.16. The van der Waals surface area contributed by atoms with E-state index in [1.165, 1.54) is 11.2 Å². The molecule has 0 aromatic heterocycles. The summed E-state index contributed by atoms with van der Waals surface area (Å²) < 4.78 is 42.9. The van der Waals surface area contributed by atoms with Gasteiger partial charge in [-0.1, -0.05) is 0 Å². The van der Waals surface area contributed by atoms with Gasteiger partial charge in [-0.2, -0.15) is 4.31 Å². The highest BCUT2D eigenvalue weighted by Gasteiger charge is 2.26. The molecule has 0 saturated carbocycles. The molecule has 28 heavy (non-hydrogen) atoms. The summed E-state index contributed by atoms with van der Waals surface area (Å²) in [4.78, 5) is 11.5. The summed E-state index contributed by atoms with van der Waals surface area (Å²) in [5.74, 6) is 1.23. The van der Waals surface area contributed by atoms with Crippen LogP contribution in [-0.2, 0) is 14.8 Å². The van der Waals surface area contributed by atoms with E-state index in [2.05, 4.69) is 0 Å². The highest BCUT2D eigenvalue weighted by atomic mass is 32.2. The molecule has 1 heterocycles. The van der Waals surface area contributed by atoms with E-state index < -0.39 is 10.0 Å². The Balaban J connectivity index is 1.48. The molecule has 7 nitrogen and oxygen atoms in total. The Hall–Kier alpha value is -2.42. The molecule has 0 atom stereocenters. The maximum Gasteiger partial charge on any atom is 0.243 e. The number of rotatable bonds is 8. The number of morpholine rings is 1. The zero-order valence-electron chi connectivity index (χ0n) is 15.7. The fraction of sp³-hybridized carbons (Fsp3) is 0.350. The number of ketones is 1. The minimum Gasteiger partial charge on any atom is -0.490 e. The predicted molar refractivity (Wildman–Crippen MR) is 103 cm³/mol. The van der Waals surface area contributed by atoms with E-state index >= 15 is 0 Å². The second-order valence-electron chi connectivity index (χ2n) is 6.27. The van der Waals surface area contributed by atoms with Crippen molar-refractivity contribution >= 4 is 15.8 Å². The lowest BCUT2D eigenvalue weighted by Crippen LogP contribution is -2.40. The summed E-state index contributed by atoms with van der Waals surface area (Å²) >= 11 is 0. The largest absolute Gasteiger partial charge is 0.490 e. The monoisotopic (exact) mass is 405 g/mol. The van der Waals surface area contributed by atoms with Gasteiger partial charge in [-0.15, -0.1) is 0 Å². The normalized spacial score (nSPS) is 15.2. The van der Waals surface area contributed by atoms with Crippen molar-refractivity contribution in [3.05, 3.63) is 54.1 Å². The molecule has 0 N–H and O–H groups in total. The van der Waals surface area contributed by atoms with Crippen molar-refractivity contribution in [1.82, 2.24) is 4.31 Å². The lowest BCUT2D eigenvalue weighted by Gasteiger charge is -2.26. The highest BCUT2D eigenvalue weighted by molar-refractivity contribution is 7.89. The lowest BCUT2D eigenvalue weighted by atomic mass is 10.1. The van der Waals surface area contributed by atoms with Gasteiger partial charge in [0.2, 0.25) is 10.0 Å². The van der Waals surface area contributed by atoms with Crippen LogP contribution in [0.4, 0.5) is 0 Å². The van der Waals surface area contributed by atoms with Crippen LogP contribution in [0.1, 0.15) is 17.3 Å². The first kappa shape index (κ1) is 20.3. The van der Waals surface area contributed by atoms with E-state index in [4.69, 9.17) is 14.2 Å². The fourth-order valence-electron chi connectivity index (χ4n) is 2.75. The van der Waals surface area contributed by atoms with Gasteiger partial charge < -0.3 is 14.2 Å². The van der Waals surface area contributed by atoms with Crippen molar-refractivity contribution in [1.29, 1.82) is 0 Å². The van der Waals surface area contributed by atoms with Gasteiger partial charge in [0.05, 0.1) is 18.1 Å². The van der Waals surface area contributed by atoms with Gasteiger partial charge in [-0.3, -0.25) is 4.79 Å². The van der Waals surface area contributed by atoms with E-state index in [1.807, 2.05) is 0 Å². The molecule has 1 fully saturated rings. The van der Waals surface area contributed by atoms with E-state index in [1.54, 1.807) is 48.5 Å². The van der Waals surface area contributed by atoms with Gasteiger partial charge in [0.25, 0.3) is 0 Å². The van der Waals surface area contributed by atoms with Gasteiger partial charge in [-0.25, -0.2) is 8.42 Å². The Morgan fingerprint density at radius 3 is 1.93 bits per heavy atom. The van der Waals surface area contributed by atoms with Gasteiger partial charge in [0, 0.05) is 18.7 Å². The van der Waals surface area contributed by atoms with Crippen LogP contribution in [0.3, 0.4) is 0 Å². The third kappa shape index (κ3) is 5.09. The van der Waals surface area contributed by atoms with Crippen LogP contribution in [0.2, 0.25) is 0 Å². The van der Waals surface area contributed by atoms with E-state index in [0.717, 1.165) is 0 Å². The number of Topliss-reactive ketones (excluding diaryl/α,β-unsaturated/α-hetero) is 1. The van der Waals surface area contributed by atoms with Crippen LogP contribution < -0.4 is 9.47 Å².